The van der Waals surface area contributed by atoms with Crippen LogP contribution in [0.2, 0.25) is 0 Å². The molecule has 5 heteroatoms. The number of rotatable bonds is 2. The zero-order valence-corrected chi connectivity index (χ0v) is 11.1. The quantitative estimate of drug-likeness (QED) is 0.856. The number of anilines is 1. The topological polar surface area (TPSA) is 61.4 Å². The molecule has 1 aromatic rings. The van der Waals surface area contributed by atoms with Crippen LogP contribution in [0.5, 0.6) is 0 Å². The number of piperidine rings is 1. The van der Waals surface area contributed by atoms with E-state index in [9.17, 15) is 9.59 Å². The summed E-state index contributed by atoms with van der Waals surface area (Å²) in [5.74, 6) is -0.158. The van der Waals surface area contributed by atoms with Crippen molar-refractivity contribution in [3.63, 3.8) is 0 Å². The third-order valence-corrected chi connectivity index (χ3v) is 3.25. The first-order chi connectivity index (χ1) is 9.20. The van der Waals surface area contributed by atoms with E-state index in [2.05, 4.69) is 10.6 Å². The molecular weight excluding hydrogens is 242 g/mol. The van der Waals surface area contributed by atoms with Crippen molar-refractivity contribution in [3.8, 4) is 0 Å². The molecule has 3 amide bonds. The predicted molar refractivity (Wildman–Crippen MR) is 74.3 cm³/mol. The van der Waals surface area contributed by atoms with E-state index in [0.29, 0.717) is 11.3 Å². The Kier molecular flexibility index (Phi) is 4.39. The molecule has 2 N–H and O–H groups in total. The van der Waals surface area contributed by atoms with Crippen LogP contribution in [0.3, 0.4) is 0 Å². The molecule has 1 aliphatic heterocycles. The number of urea groups is 1. The monoisotopic (exact) mass is 261 g/mol. The first kappa shape index (κ1) is 13.4. The summed E-state index contributed by atoms with van der Waals surface area (Å²) in [5.41, 5.74) is 1.19. The van der Waals surface area contributed by atoms with Gasteiger partial charge in [-0.05, 0) is 37.5 Å². The highest BCUT2D eigenvalue weighted by Crippen LogP contribution is 2.14. The van der Waals surface area contributed by atoms with E-state index < -0.39 is 0 Å². The van der Waals surface area contributed by atoms with Gasteiger partial charge in [-0.2, -0.15) is 0 Å². The van der Waals surface area contributed by atoms with Gasteiger partial charge < -0.3 is 15.5 Å². The minimum atomic E-state index is -0.158. The van der Waals surface area contributed by atoms with Crippen molar-refractivity contribution in [1.82, 2.24) is 10.2 Å². The molecule has 1 fully saturated rings. The van der Waals surface area contributed by atoms with E-state index in [1.54, 1.807) is 31.3 Å². The fourth-order valence-electron chi connectivity index (χ4n) is 2.18. The zero-order valence-electron chi connectivity index (χ0n) is 11.1. The van der Waals surface area contributed by atoms with Gasteiger partial charge in [0.1, 0.15) is 0 Å². The minimum Gasteiger partial charge on any atom is -0.355 e. The molecule has 0 spiro atoms. The minimum absolute atomic E-state index is 0.0891. The number of nitrogens with one attached hydrogen (secondary N) is 2. The van der Waals surface area contributed by atoms with Crippen LogP contribution in [0.25, 0.3) is 0 Å². The molecule has 102 valence electrons. The molecule has 0 aliphatic carbocycles. The number of hydrogen-bond donors (Lipinski definition) is 2. The Bertz CT molecular complexity index is 468. The van der Waals surface area contributed by atoms with Crippen molar-refractivity contribution in [1.29, 1.82) is 0 Å². The zero-order chi connectivity index (χ0) is 13.7. The molecule has 0 unspecified atom stereocenters. The normalized spacial score (nSPS) is 14.9. The van der Waals surface area contributed by atoms with Crippen LogP contribution < -0.4 is 10.6 Å². The van der Waals surface area contributed by atoms with Crippen molar-refractivity contribution >= 4 is 17.6 Å². The Morgan fingerprint density at radius 2 is 1.89 bits per heavy atom. The highest BCUT2D eigenvalue weighted by atomic mass is 16.2. The number of amides is 3. The fraction of sp³-hybridized carbons (Fsp3) is 0.429. The fourth-order valence-corrected chi connectivity index (χ4v) is 2.18. The summed E-state index contributed by atoms with van der Waals surface area (Å²) in [6, 6.07) is 6.86. The Morgan fingerprint density at radius 1 is 1.16 bits per heavy atom. The van der Waals surface area contributed by atoms with Gasteiger partial charge in [0.25, 0.3) is 5.91 Å². The maximum Gasteiger partial charge on any atom is 0.321 e. The average molecular weight is 261 g/mol. The van der Waals surface area contributed by atoms with E-state index in [0.717, 1.165) is 25.9 Å². The summed E-state index contributed by atoms with van der Waals surface area (Å²) in [4.78, 5) is 25.4. The van der Waals surface area contributed by atoms with Gasteiger partial charge in [-0.15, -0.1) is 0 Å². The number of hydrogen-bond acceptors (Lipinski definition) is 2. The van der Waals surface area contributed by atoms with Crippen LogP contribution in [0.4, 0.5) is 10.5 Å². The Morgan fingerprint density at radius 3 is 2.58 bits per heavy atom. The maximum atomic E-state index is 12.0. The first-order valence-electron chi connectivity index (χ1n) is 6.59. The molecule has 5 nitrogen and oxygen atoms in total. The second kappa shape index (κ2) is 6.22. The number of carbonyl (C=O) groups is 2. The van der Waals surface area contributed by atoms with Crippen LogP contribution in [0, 0.1) is 0 Å². The Hall–Kier alpha value is -2.04. The molecule has 1 heterocycles. The second-order valence-corrected chi connectivity index (χ2v) is 4.64. The summed E-state index contributed by atoms with van der Waals surface area (Å²) in [6.45, 7) is 1.61. The van der Waals surface area contributed by atoms with Gasteiger partial charge in [-0.25, -0.2) is 4.79 Å². The van der Waals surface area contributed by atoms with E-state index in [-0.39, 0.29) is 11.9 Å². The third kappa shape index (κ3) is 3.47. The molecule has 2 rings (SSSR count). The molecule has 1 saturated heterocycles. The molecule has 0 saturated carbocycles. The number of likely N-dealkylation sites (tertiary alicyclic amines) is 1. The lowest BCUT2D eigenvalue weighted by Gasteiger charge is -2.26. The van der Waals surface area contributed by atoms with Gasteiger partial charge in [-0.1, -0.05) is 6.07 Å². The molecule has 0 radical (unpaired) electrons. The SMILES string of the molecule is CNC(=O)c1cccc(NC(=O)N2CCCCC2)c1. The van der Waals surface area contributed by atoms with Crippen LogP contribution >= 0.6 is 0 Å². The summed E-state index contributed by atoms with van der Waals surface area (Å²) in [5, 5.41) is 5.40. The van der Waals surface area contributed by atoms with Crippen molar-refractivity contribution in [2.45, 2.75) is 19.3 Å². The van der Waals surface area contributed by atoms with Gasteiger partial charge in [0, 0.05) is 31.4 Å². The van der Waals surface area contributed by atoms with Crippen molar-refractivity contribution in [3.05, 3.63) is 29.8 Å². The maximum absolute atomic E-state index is 12.0. The van der Waals surface area contributed by atoms with Crippen molar-refractivity contribution in [2.75, 3.05) is 25.5 Å². The van der Waals surface area contributed by atoms with Gasteiger partial charge >= 0.3 is 6.03 Å². The lowest BCUT2D eigenvalue weighted by atomic mass is 10.1. The number of nitrogens with zero attached hydrogens (tertiary/aromatic N) is 1. The predicted octanol–water partition coefficient (Wildman–Crippen LogP) is 2.06. The molecule has 19 heavy (non-hydrogen) atoms. The molecule has 1 aromatic carbocycles. The molecule has 1 aliphatic rings. The Balaban J connectivity index is 2.02. The standard InChI is InChI=1S/C14H19N3O2/c1-15-13(18)11-6-5-7-12(10-11)16-14(19)17-8-3-2-4-9-17/h5-7,10H,2-4,8-9H2,1H3,(H,15,18)(H,16,19). The van der Waals surface area contributed by atoms with Gasteiger partial charge in [0.05, 0.1) is 0 Å². The summed E-state index contributed by atoms with van der Waals surface area (Å²) < 4.78 is 0. The van der Waals surface area contributed by atoms with E-state index >= 15 is 0 Å². The van der Waals surface area contributed by atoms with Crippen LogP contribution in [0.15, 0.2) is 24.3 Å². The lowest BCUT2D eigenvalue weighted by molar-refractivity contribution is 0.0963. The van der Waals surface area contributed by atoms with E-state index in [4.69, 9.17) is 0 Å². The van der Waals surface area contributed by atoms with E-state index in [1.165, 1.54) is 6.42 Å². The van der Waals surface area contributed by atoms with Gasteiger partial charge in [0.15, 0.2) is 0 Å². The smallest absolute Gasteiger partial charge is 0.321 e. The van der Waals surface area contributed by atoms with Gasteiger partial charge in [0.2, 0.25) is 0 Å². The van der Waals surface area contributed by atoms with Gasteiger partial charge in [-0.3, -0.25) is 4.79 Å². The molecule has 0 bridgehead atoms. The average Bonchev–Trinajstić information content (AvgIpc) is 2.47. The highest BCUT2D eigenvalue weighted by Gasteiger charge is 2.16. The highest BCUT2D eigenvalue weighted by molar-refractivity contribution is 5.96. The van der Waals surface area contributed by atoms with E-state index in [1.807, 2.05) is 4.90 Å². The number of benzene rings is 1. The third-order valence-electron chi connectivity index (χ3n) is 3.25. The van der Waals surface area contributed by atoms with Crippen LogP contribution in [-0.4, -0.2) is 37.0 Å². The largest absolute Gasteiger partial charge is 0.355 e. The van der Waals surface area contributed by atoms with Crippen LogP contribution in [-0.2, 0) is 0 Å². The Labute approximate surface area is 113 Å². The van der Waals surface area contributed by atoms with Crippen LogP contribution in [0.1, 0.15) is 29.6 Å². The summed E-state index contributed by atoms with van der Waals surface area (Å²) in [6.07, 6.45) is 3.31. The van der Waals surface area contributed by atoms with Crippen molar-refractivity contribution in [2.24, 2.45) is 0 Å². The molecule has 0 atom stereocenters. The molecular formula is C14H19N3O2. The molecule has 0 aromatic heterocycles. The lowest BCUT2D eigenvalue weighted by Crippen LogP contribution is -2.38. The number of carbonyl (C=O) groups excluding carboxylic acids is 2. The summed E-state index contributed by atoms with van der Waals surface area (Å²) >= 11 is 0. The van der Waals surface area contributed by atoms with Crippen molar-refractivity contribution < 1.29 is 9.59 Å². The summed E-state index contributed by atoms with van der Waals surface area (Å²) in [7, 11) is 1.58. The second-order valence-electron chi connectivity index (χ2n) is 4.64. The first-order valence-corrected chi connectivity index (χ1v) is 6.59.